The molecular weight excluding hydrogens is 678 g/mol. The lowest BCUT2D eigenvalue weighted by molar-refractivity contribution is -0.148. The Bertz CT molecular complexity index is 1840. The topological polar surface area (TPSA) is 176 Å². The lowest BCUT2D eigenvalue weighted by Crippen LogP contribution is -2.56. The van der Waals surface area contributed by atoms with Gasteiger partial charge < -0.3 is 34.5 Å². The molecule has 15 nitrogen and oxygen atoms in total. The third-order valence-electron chi connectivity index (χ3n) is 10.0. The van der Waals surface area contributed by atoms with Crippen LogP contribution in [0.3, 0.4) is 0 Å². The number of ether oxygens (including phenoxy) is 4. The second-order valence-electron chi connectivity index (χ2n) is 13.7. The maximum Gasteiger partial charge on any atom is 0.408 e. The van der Waals surface area contributed by atoms with Crippen molar-refractivity contribution < 1.29 is 38.1 Å². The molecule has 1 saturated carbocycles. The van der Waals surface area contributed by atoms with E-state index in [-0.39, 0.29) is 25.0 Å². The van der Waals surface area contributed by atoms with E-state index in [1.54, 1.807) is 4.68 Å². The van der Waals surface area contributed by atoms with Crippen LogP contribution in [0.25, 0.3) is 21.7 Å². The maximum atomic E-state index is 14.5. The number of nitrogens with one attached hydrogen (secondary N) is 2. The first-order chi connectivity index (χ1) is 24.6. The van der Waals surface area contributed by atoms with E-state index in [1.165, 1.54) is 23.3 Å². The summed E-state index contributed by atoms with van der Waals surface area (Å²) in [5, 5.41) is 12.1. The fourth-order valence-corrected chi connectivity index (χ4v) is 8.02. The molecule has 272 valence electrons. The van der Waals surface area contributed by atoms with Crippen LogP contribution in [0.2, 0.25) is 0 Å². The number of aromatic nitrogens is 4. The van der Waals surface area contributed by atoms with Gasteiger partial charge >= 0.3 is 12.1 Å². The quantitative estimate of drug-likeness (QED) is 0.283. The molecule has 3 aliphatic heterocycles. The summed E-state index contributed by atoms with van der Waals surface area (Å²) in [6.45, 7) is 2.74. The van der Waals surface area contributed by atoms with E-state index >= 15 is 0 Å². The number of hydrogen-bond acceptors (Lipinski definition) is 12. The Hall–Kier alpha value is -4.57. The molecule has 2 saturated heterocycles. The number of aryl methyl sites for hydroxylation is 2. The summed E-state index contributed by atoms with van der Waals surface area (Å²) >= 11 is 1.43. The number of fused-ring (bicyclic) bond motifs is 3. The highest BCUT2D eigenvalue weighted by molar-refractivity contribution is 7.17. The van der Waals surface area contributed by atoms with Gasteiger partial charge in [0.05, 0.1) is 38.1 Å². The molecule has 1 aliphatic carbocycles. The van der Waals surface area contributed by atoms with Crippen molar-refractivity contribution >= 4 is 45.4 Å². The molecule has 6 heterocycles. The van der Waals surface area contributed by atoms with Crippen molar-refractivity contribution in [2.24, 2.45) is 13.0 Å². The van der Waals surface area contributed by atoms with Crippen molar-refractivity contribution in [3.63, 3.8) is 0 Å². The number of methoxy groups -OCH3 is 1. The summed E-state index contributed by atoms with van der Waals surface area (Å²) in [5.41, 5.74) is 1.01. The molecule has 16 heteroatoms. The summed E-state index contributed by atoms with van der Waals surface area (Å²) in [6.07, 6.45) is 6.88. The lowest BCUT2D eigenvalue weighted by atomic mass is 10.0. The third kappa shape index (κ3) is 7.29. The van der Waals surface area contributed by atoms with Crippen LogP contribution in [0.4, 0.5) is 4.79 Å². The zero-order valence-corrected chi connectivity index (χ0v) is 29.8. The number of rotatable bonds is 6. The van der Waals surface area contributed by atoms with Crippen LogP contribution in [0, 0.1) is 12.8 Å². The number of thiophene rings is 1. The van der Waals surface area contributed by atoms with Gasteiger partial charge in [-0.3, -0.25) is 14.3 Å². The van der Waals surface area contributed by atoms with E-state index < -0.39 is 47.6 Å². The van der Waals surface area contributed by atoms with Gasteiger partial charge in [0.2, 0.25) is 17.7 Å². The number of carbonyl (C=O) groups excluding carboxylic acids is 4. The van der Waals surface area contributed by atoms with Crippen molar-refractivity contribution in [1.29, 1.82) is 0 Å². The fourth-order valence-electron chi connectivity index (χ4n) is 7.26. The second kappa shape index (κ2) is 14.6. The van der Waals surface area contributed by atoms with Crippen molar-refractivity contribution in [1.82, 2.24) is 35.3 Å². The number of alkyl carbamates (subject to hydrolysis) is 1. The molecular formula is C35H43N7O8S. The molecule has 0 spiro atoms. The van der Waals surface area contributed by atoms with Crippen molar-refractivity contribution in [3.05, 3.63) is 35.4 Å². The minimum Gasteiger partial charge on any atom is -0.471 e. The molecule has 0 unspecified atom stereocenters. The second-order valence-corrected chi connectivity index (χ2v) is 14.6. The highest BCUT2D eigenvalue weighted by Crippen LogP contribution is 2.46. The normalized spacial score (nSPS) is 28.9. The number of allylic oxidation sites excluding steroid dienone is 1. The average Bonchev–Trinajstić information content (AvgIpc) is 3.68. The number of carbonyl (C=O) groups is 4. The molecule has 7 rings (SSSR count). The van der Waals surface area contributed by atoms with Gasteiger partial charge in [-0.15, -0.1) is 11.3 Å². The number of amides is 3. The number of nitrogens with zero attached hydrogens (tertiary/aromatic N) is 5. The van der Waals surface area contributed by atoms with Crippen LogP contribution in [-0.4, -0.2) is 105 Å². The molecule has 51 heavy (non-hydrogen) atoms. The Kier molecular flexibility index (Phi) is 9.97. The highest BCUT2D eigenvalue weighted by Gasteiger charge is 2.62. The standard InChI is InChI=1S/C35H43N7O8S/c1-20-15-26(41(2)40-20)29-36-24-12-14-51-28(24)31(38-29)49-23-16-27-30(43)39-35(33(45)47-3)17-21(35)9-7-5-4-6-8-10-25(32(44)42(27)18-23)37-34(46)50-22-11-13-48-19-22/h7,9,12,14-15,21-23,25,27H,4-6,8,10-11,13,16-19H2,1-3H3,(H,37,46)(H,39,43)/b9-7-/t21-,22+,23-,25+,27+,35-/m1/s1. The minimum atomic E-state index is -1.22. The van der Waals surface area contributed by atoms with Crippen LogP contribution in [0.1, 0.15) is 57.1 Å². The van der Waals surface area contributed by atoms with Gasteiger partial charge in [0.15, 0.2) is 5.82 Å². The Labute approximate surface area is 299 Å². The predicted octanol–water partition coefficient (Wildman–Crippen LogP) is 3.20. The van der Waals surface area contributed by atoms with Crippen LogP contribution < -0.4 is 15.4 Å². The Morgan fingerprint density at radius 3 is 2.78 bits per heavy atom. The number of esters is 1. The van der Waals surface area contributed by atoms with Crippen molar-refractivity contribution in [3.8, 4) is 17.4 Å². The van der Waals surface area contributed by atoms with Crippen LogP contribution >= 0.6 is 11.3 Å². The molecule has 0 radical (unpaired) electrons. The Morgan fingerprint density at radius 1 is 1.16 bits per heavy atom. The van der Waals surface area contributed by atoms with Gasteiger partial charge in [0.25, 0.3) is 0 Å². The first-order valence-corrected chi connectivity index (χ1v) is 18.4. The highest BCUT2D eigenvalue weighted by atomic mass is 32.1. The summed E-state index contributed by atoms with van der Waals surface area (Å²) in [5.74, 6) is -0.907. The smallest absolute Gasteiger partial charge is 0.408 e. The van der Waals surface area contributed by atoms with Gasteiger partial charge in [0.1, 0.15) is 40.2 Å². The fraction of sp³-hybridized carbons (Fsp3) is 0.571. The maximum absolute atomic E-state index is 14.5. The zero-order valence-electron chi connectivity index (χ0n) is 29.0. The molecule has 3 fully saturated rings. The molecule has 3 aromatic rings. The van der Waals surface area contributed by atoms with Gasteiger partial charge in [-0.05, 0) is 50.1 Å². The van der Waals surface area contributed by atoms with Gasteiger partial charge in [-0.1, -0.05) is 25.0 Å². The van der Waals surface area contributed by atoms with Crippen molar-refractivity contribution in [2.45, 2.75) is 88.1 Å². The molecule has 3 aromatic heterocycles. The lowest BCUT2D eigenvalue weighted by Gasteiger charge is -2.29. The molecule has 0 bridgehead atoms. The van der Waals surface area contributed by atoms with E-state index in [2.05, 4.69) is 15.7 Å². The van der Waals surface area contributed by atoms with E-state index in [9.17, 15) is 19.2 Å². The third-order valence-corrected chi connectivity index (χ3v) is 10.9. The van der Waals surface area contributed by atoms with Gasteiger partial charge in [0, 0.05) is 25.8 Å². The molecule has 4 aliphatic rings. The Balaban J connectivity index is 1.19. The minimum absolute atomic E-state index is 0.0478. The average molecular weight is 722 g/mol. The zero-order chi connectivity index (χ0) is 35.7. The molecule has 3 amide bonds. The largest absolute Gasteiger partial charge is 0.471 e. The molecule has 0 aromatic carbocycles. The molecule has 2 N–H and O–H groups in total. The van der Waals surface area contributed by atoms with E-state index in [4.69, 9.17) is 28.9 Å². The summed E-state index contributed by atoms with van der Waals surface area (Å²) < 4.78 is 25.0. The van der Waals surface area contributed by atoms with Crippen LogP contribution in [-0.2, 0) is 35.6 Å². The van der Waals surface area contributed by atoms with Crippen molar-refractivity contribution in [2.75, 3.05) is 26.9 Å². The number of hydrogen-bond donors (Lipinski definition) is 2. The van der Waals surface area contributed by atoms with E-state index in [0.29, 0.717) is 61.8 Å². The first-order valence-electron chi connectivity index (χ1n) is 17.5. The SMILES string of the molecule is COC(=O)[C@@]12C[C@H]1/C=C\CCCCC[C@H](NC(=O)O[C@H]1CCOC1)C(=O)N1C[C@H](Oc3nc(-c4cc(C)nn4C)nc4ccsc34)C[C@H]1C(=O)N2. The van der Waals surface area contributed by atoms with E-state index in [0.717, 1.165) is 29.7 Å². The summed E-state index contributed by atoms with van der Waals surface area (Å²) in [6, 6.07) is 1.84. The van der Waals surface area contributed by atoms with Gasteiger partial charge in [-0.25, -0.2) is 14.6 Å². The van der Waals surface area contributed by atoms with Gasteiger partial charge in [-0.2, -0.15) is 10.1 Å². The monoisotopic (exact) mass is 721 g/mol. The molecule has 6 atom stereocenters. The van der Waals surface area contributed by atoms with Crippen LogP contribution in [0.5, 0.6) is 5.88 Å². The van der Waals surface area contributed by atoms with E-state index in [1.807, 2.05) is 43.6 Å². The predicted molar refractivity (Wildman–Crippen MR) is 185 cm³/mol. The Morgan fingerprint density at radius 2 is 2.02 bits per heavy atom. The van der Waals surface area contributed by atoms with Crippen LogP contribution in [0.15, 0.2) is 29.7 Å². The summed E-state index contributed by atoms with van der Waals surface area (Å²) in [4.78, 5) is 65.7. The summed E-state index contributed by atoms with van der Waals surface area (Å²) in [7, 11) is 3.12. The first kappa shape index (κ1) is 34.9.